The van der Waals surface area contributed by atoms with Crippen molar-refractivity contribution in [3.63, 3.8) is 0 Å². The second kappa shape index (κ2) is 4.88. The quantitative estimate of drug-likeness (QED) is 0.895. The van der Waals surface area contributed by atoms with E-state index < -0.39 is 0 Å². The van der Waals surface area contributed by atoms with Gasteiger partial charge in [0.1, 0.15) is 11.6 Å². The summed E-state index contributed by atoms with van der Waals surface area (Å²) in [5.41, 5.74) is 7.94. The Balaban J connectivity index is 2.40. The maximum atomic E-state index is 5.77. The Morgan fingerprint density at radius 3 is 2.53 bits per heavy atom. The first-order valence-electron chi connectivity index (χ1n) is 6.24. The molecule has 4 nitrogen and oxygen atoms in total. The van der Waals surface area contributed by atoms with Gasteiger partial charge in [0.25, 0.3) is 0 Å². The molecular weight excluding hydrogens is 238 g/mol. The minimum Gasteiger partial charge on any atom is -0.424 e. The van der Waals surface area contributed by atoms with Crippen molar-refractivity contribution in [1.82, 2.24) is 9.97 Å². The Kier molecular flexibility index (Phi) is 3.42. The lowest BCUT2D eigenvalue weighted by Gasteiger charge is -2.22. The Labute approximate surface area is 113 Å². The molecule has 0 aliphatic heterocycles. The van der Waals surface area contributed by atoms with Crippen LogP contribution in [-0.4, -0.2) is 9.97 Å². The van der Waals surface area contributed by atoms with Crippen molar-refractivity contribution in [3.8, 4) is 11.8 Å². The third kappa shape index (κ3) is 3.22. The Bertz CT molecular complexity index is 588. The van der Waals surface area contributed by atoms with E-state index in [1.807, 2.05) is 12.1 Å². The molecule has 2 N–H and O–H groups in total. The molecule has 1 aromatic heterocycles. The first-order chi connectivity index (χ1) is 8.86. The number of nitrogen functional groups attached to an aromatic ring is 1. The van der Waals surface area contributed by atoms with Crippen molar-refractivity contribution < 1.29 is 4.74 Å². The van der Waals surface area contributed by atoms with Gasteiger partial charge in [-0.15, -0.1) is 0 Å². The fourth-order valence-corrected chi connectivity index (χ4v) is 1.82. The molecule has 0 radical (unpaired) electrons. The molecule has 4 heteroatoms. The topological polar surface area (TPSA) is 61.0 Å². The van der Waals surface area contributed by atoms with Gasteiger partial charge in [-0.2, -0.15) is 4.98 Å². The van der Waals surface area contributed by atoms with Crippen molar-refractivity contribution in [3.05, 3.63) is 41.6 Å². The van der Waals surface area contributed by atoms with Gasteiger partial charge in [-0.1, -0.05) is 38.5 Å². The van der Waals surface area contributed by atoms with Crippen molar-refractivity contribution in [1.29, 1.82) is 0 Å². The van der Waals surface area contributed by atoms with Crippen molar-refractivity contribution in [2.45, 2.75) is 33.1 Å². The van der Waals surface area contributed by atoms with Crippen LogP contribution in [0.25, 0.3) is 0 Å². The van der Waals surface area contributed by atoms with E-state index in [4.69, 9.17) is 10.5 Å². The zero-order chi connectivity index (χ0) is 14.0. The van der Waals surface area contributed by atoms with E-state index in [1.165, 1.54) is 5.56 Å². The predicted molar refractivity (Wildman–Crippen MR) is 76.4 cm³/mol. The van der Waals surface area contributed by atoms with Gasteiger partial charge >= 0.3 is 6.01 Å². The molecule has 0 atom stereocenters. The van der Waals surface area contributed by atoms with Crippen molar-refractivity contribution >= 4 is 5.82 Å². The minimum atomic E-state index is -0.0122. The van der Waals surface area contributed by atoms with Crippen LogP contribution < -0.4 is 10.5 Å². The van der Waals surface area contributed by atoms with Crippen LogP contribution in [0.1, 0.15) is 31.9 Å². The van der Waals surface area contributed by atoms with Crippen molar-refractivity contribution in [2.75, 3.05) is 5.73 Å². The fraction of sp³-hybridized carbons (Fsp3) is 0.333. The van der Waals surface area contributed by atoms with Crippen LogP contribution >= 0.6 is 0 Å². The summed E-state index contributed by atoms with van der Waals surface area (Å²) in [4.78, 5) is 8.13. The van der Waals surface area contributed by atoms with Gasteiger partial charge in [0.15, 0.2) is 0 Å². The van der Waals surface area contributed by atoms with Crippen molar-refractivity contribution in [2.24, 2.45) is 0 Å². The Hall–Kier alpha value is -2.10. The molecule has 2 rings (SSSR count). The highest BCUT2D eigenvalue weighted by Gasteiger charge is 2.20. The second-order valence-electron chi connectivity index (χ2n) is 5.62. The number of nitrogens with zero attached hydrogens (tertiary/aromatic N) is 2. The highest BCUT2D eigenvalue weighted by Crippen LogP contribution is 2.34. The Morgan fingerprint density at radius 1 is 1.16 bits per heavy atom. The zero-order valence-electron chi connectivity index (χ0n) is 11.8. The summed E-state index contributed by atoms with van der Waals surface area (Å²) in [6, 6.07) is 7.99. The minimum absolute atomic E-state index is 0.0122. The number of benzene rings is 1. The van der Waals surface area contributed by atoms with E-state index in [2.05, 4.69) is 43.7 Å². The maximum absolute atomic E-state index is 5.77. The zero-order valence-corrected chi connectivity index (χ0v) is 11.8. The first kappa shape index (κ1) is 13.3. The Morgan fingerprint density at radius 2 is 1.89 bits per heavy atom. The summed E-state index contributed by atoms with van der Waals surface area (Å²) in [6.07, 6.45) is 1.59. The van der Waals surface area contributed by atoms with Gasteiger partial charge in [0.05, 0.1) is 0 Å². The average molecular weight is 257 g/mol. The number of aryl methyl sites for hydroxylation is 1. The lowest BCUT2D eigenvalue weighted by Crippen LogP contribution is -2.13. The third-order valence-corrected chi connectivity index (χ3v) is 2.80. The van der Waals surface area contributed by atoms with Crippen LogP contribution in [0, 0.1) is 6.92 Å². The molecule has 0 saturated heterocycles. The van der Waals surface area contributed by atoms with Gasteiger partial charge in [-0.05, 0) is 24.5 Å². The number of nitrogens with two attached hydrogens (primary N) is 1. The maximum Gasteiger partial charge on any atom is 0.323 e. The lowest BCUT2D eigenvalue weighted by molar-refractivity contribution is 0.423. The summed E-state index contributed by atoms with van der Waals surface area (Å²) >= 11 is 0. The van der Waals surface area contributed by atoms with E-state index >= 15 is 0 Å². The molecule has 1 heterocycles. The second-order valence-corrected chi connectivity index (χ2v) is 5.62. The summed E-state index contributed by atoms with van der Waals surface area (Å²) < 4.78 is 5.77. The number of rotatable bonds is 2. The van der Waals surface area contributed by atoms with Crippen LogP contribution in [0.2, 0.25) is 0 Å². The number of aromatic nitrogens is 2. The SMILES string of the molecule is Cc1ccc(Oc2nccc(N)n2)c(C(C)(C)C)c1. The van der Waals surface area contributed by atoms with Gasteiger partial charge in [0, 0.05) is 11.8 Å². The standard InChI is InChI=1S/C15H19N3O/c1-10-5-6-12(11(9-10)15(2,3)4)19-14-17-8-7-13(16)18-14/h5-9H,1-4H3,(H2,16,17,18). The van der Waals surface area contributed by atoms with Gasteiger partial charge in [-0.25, -0.2) is 4.98 Å². The molecule has 100 valence electrons. The van der Waals surface area contributed by atoms with Crippen LogP contribution in [0.4, 0.5) is 5.82 Å². The molecule has 0 saturated carbocycles. The highest BCUT2D eigenvalue weighted by atomic mass is 16.5. The monoisotopic (exact) mass is 257 g/mol. The molecule has 0 bridgehead atoms. The average Bonchev–Trinajstić information content (AvgIpc) is 2.30. The summed E-state index contributed by atoms with van der Waals surface area (Å²) in [5, 5.41) is 0. The van der Waals surface area contributed by atoms with Crippen LogP contribution in [0.5, 0.6) is 11.8 Å². The number of hydrogen-bond donors (Lipinski definition) is 1. The molecule has 19 heavy (non-hydrogen) atoms. The van der Waals surface area contributed by atoms with E-state index in [1.54, 1.807) is 12.3 Å². The molecule has 0 aliphatic carbocycles. The largest absolute Gasteiger partial charge is 0.424 e. The number of hydrogen-bond acceptors (Lipinski definition) is 4. The van der Waals surface area contributed by atoms with E-state index in [0.29, 0.717) is 5.82 Å². The lowest BCUT2D eigenvalue weighted by atomic mass is 9.85. The number of anilines is 1. The van der Waals surface area contributed by atoms with Gasteiger partial charge in [-0.3, -0.25) is 0 Å². The molecule has 0 fully saturated rings. The molecule has 1 aromatic carbocycles. The molecule has 0 aliphatic rings. The predicted octanol–water partition coefficient (Wildman–Crippen LogP) is 3.46. The molecule has 0 unspecified atom stereocenters. The number of ether oxygens (including phenoxy) is 1. The summed E-state index contributed by atoms with van der Waals surface area (Å²) in [5.74, 6) is 1.16. The summed E-state index contributed by atoms with van der Waals surface area (Å²) in [6.45, 7) is 8.51. The van der Waals surface area contributed by atoms with Crippen LogP contribution in [-0.2, 0) is 5.41 Å². The van der Waals surface area contributed by atoms with Gasteiger partial charge in [0.2, 0.25) is 0 Å². The molecule has 2 aromatic rings. The van der Waals surface area contributed by atoms with E-state index in [0.717, 1.165) is 11.3 Å². The molecular formula is C15H19N3O. The molecule has 0 amide bonds. The van der Waals surface area contributed by atoms with Gasteiger partial charge < -0.3 is 10.5 Å². The summed E-state index contributed by atoms with van der Waals surface area (Å²) in [7, 11) is 0. The van der Waals surface area contributed by atoms with Crippen LogP contribution in [0.3, 0.4) is 0 Å². The first-order valence-corrected chi connectivity index (χ1v) is 6.24. The van der Waals surface area contributed by atoms with E-state index in [-0.39, 0.29) is 11.4 Å². The highest BCUT2D eigenvalue weighted by molar-refractivity contribution is 5.42. The normalized spacial score (nSPS) is 11.4. The van der Waals surface area contributed by atoms with E-state index in [9.17, 15) is 0 Å². The molecule has 0 spiro atoms. The van der Waals surface area contributed by atoms with Crippen LogP contribution in [0.15, 0.2) is 30.5 Å². The third-order valence-electron chi connectivity index (χ3n) is 2.80. The smallest absolute Gasteiger partial charge is 0.323 e. The fourth-order valence-electron chi connectivity index (χ4n) is 1.82.